The Hall–Kier alpha value is -1.72. The van der Waals surface area contributed by atoms with Gasteiger partial charge in [-0.05, 0) is 61.5 Å². The molecule has 2 aromatic heterocycles. The van der Waals surface area contributed by atoms with E-state index in [-0.39, 0.29) is 5.56 Å². The highest BCUT2D eigenvalue weighted by Crippen LogP contribution is 2.32. The lowest BCUT2D eigenvalue weighted by Gasteiger charge is -2.12. The number of aryl methyl sites for hydroxylation is 3. The number of benzene rings is 1. The predicted molar refractivity (Wildman–Crippen MR) is 108 cm³/mol. The third-order valence-electron chi connectivity index (χ3n) is 5.13. The van der Waals surface area contributed by atoms with Gasteiger partial charge in [0.25, 0.3) is 5.56 Å². The maximum atomic E-state index is 13.4. The van der Waals surface area contributed by atoms with E-state index in [0.717, 1.165) is 40.7 Å². The summed E-state index contributed by atoms with van der Waals surface area (Å²) in [6.45, 7) is 2.11. The van der Waals surface area contributed by atoms with Crippen molar-refractivity contribution in [2.24, 2.45) is 0 Å². The second-order valence-corrected chi connectivity index (χ2v) is 8.17. The van der Waals surface area contributed by atoms with E-state index in [2.05, 4.69) is 18.0 Å². The minimum Gasteiger partial charge on any atom is -0.323 e. The molecule has 0 spiro atoms. The number of H-pyrrole nitrogens is 1. The molecule has 0 saturated heterocycles. The van der Waals surface area contributed by atoms with Gasteiger partial charge in [0.05, 0.1) is 11.1 Å². The molecule has 0 aliphatic heterocycles. The van der Waals surface area contributed by atoms with Crippen molar-refractivity contribution in [1.29, 1.82) is 0 Å². The molecular weight excluding hydrogens is 348 g/mol. The Morgan fingerprint density at radius 2 is 1.92 bits per heavy atom. The standard InChI is InChI=1S/C20H22N2OS2/c1-2-13-9-7-8-11-15(13)22-19(23)17-14-10-5-3-4-6-12-16(14)25-18(17)21-20(22)24/h7-9,11H,2-6,10,12H2,1H3,(H,21,24). The van der Waals surface area contributed by atoms with Crippen molar-refractivity contribution in [2.75, 3.05) is 0 Å². The molecule has 1 aromatic carbocycles. The molecule has 0 saturated carbocycles. The van der Waals surface area contributed by atoms with Crippen molar-refractivity contribution in [1.82, 2.24) is 9.55 Å². The van der Waals surface area contributed by atoms with E-state index in [1.165, 1.54) is 36.1 Å². The predicted octanol–water partition coefficient (Wildman–Crippen LogP) is 5.33. The van der Waals surface area contributed by atoms with Gasteiger partial charge < -0.3 is 4.98 Å². The van der Waals surface area contributed by atoms with Crippen LogP contribution in [0.4, 0.5) is 0 Å². The van der Waals surface area contributed by atoms with Crippen molar-refractivity contribution in [3.05, 3.63) is 55.4 Å². The van der Waals surface area contributed by atoms with Gasteiger partial charge in [0.2, 0.25) is 0 Å². The highest BCUT2D eigenvalue weighted by molar-refractivity contribution is 7.71. The number of thiophene rings is 1. The third-order valence-corrected chi connectivity index (χ3v) is 6.62. The van der Waals surface area contributed by atoms with Crippen LogP contribution in [0.5, 0.6) is 0 Å². The number of aromatic amines is 1. The van der Waals surface area contributed by atoms with Gasteiger partial charge in [0, 0.05) is 4.88 Å². The average molecular weight is 371 g/mol. The molecule has 0 fully saturated rings. The summed E-state index contributed by atoms with van der Waals surface area (Å²) in [6, 6.07) is 8.04. The molecule has 0 atom stereocenters. The van der Waals surface area contributed by atoms with Crippen LogP contribution in [0.1, 0.15) is 48.6 Å². The largest absolute Gasteiger partial charge is 0.323 e. The first-order chi connectivity index (χ1) is 12.2. The fourth-order valence-electron chi connectivity index (χ4n) is 3.84. The maximum Gasteiger partial charge on any atom is 0.267 e. The summed E-state index contributed by atoms with van der Waals surface area (Å²) in [6.07, 6.45) is 7.89. The molecular formula is C20H22N2OS2. The van der Waals surface area contributed by atoms with Crippen molar-refractivity contribution in [2.45, 2.75) is 51.9 Å². The van der Waals surface area contributed by atoms with Crippen molar-refractivity contribution in [3.63, 3.8) is 0 Å². The quantitative estimate of drug-likeness (QED) is 0.619. The van der Waals surface area contributed by atoms with E-state index in [9.17, 15) is 4.79 Å². The van der Waals surface area contributed by atoms with Crippen LogP contribution in [0.3, 0.4) is 0 Å². The van der Waals surface area contributed by atoms with Gasteiger partial charge in [0.1, 0.15) is 4.83 Å². The normalized spacial score (nSPS) is 14.9. The minimum absolute atomic E-state index is 0.0396. The molecule has 5 heteroatoms. The van der Waals surface area contributed by atoms with Crippen molar-refractivity contribution in [3.8, 4) is 5.69 Å². The monoisotopic (exact) mass is 370 g/mol. The van der Waals surface area contributed by atoms with E-state index in [4.69, 9.17) is 12.2 Å². The molecule has 25 heavy (non-hydrogen) atoms. The summed E-state index contributed by atoms with van der Waals surface area (Å²) in [5.41, 5.74) is 3.35. The molecule has 1 aliphatic rings. The molecule has 3 nitrogen and oxygen atoms in total. The summed E-state index contributed by atoms with van der Waals surface area (Å²) >= 11 is 7.29. The SMILES string of the molecule is CCc1ccccc1-n1c(=S)[nH]c2sc3c(c2c1=O)CCCCCC3. The first kappa shape index (κ1) is 16.7. The number of rotatable bonds is 2. The van der Waals surface area contributed by atoms with Crippen LogP contribution >= 0.6 is 23.6 Å². The van der Waals surface area contributed by atoms with E-state index in [1.807, 2.05) is 18.2 Å². The molecule has 130 valence electrons. The molecule has 1 aliphatic carbocycles. The summed E-state index contributed by atoms with van der Waals surface area (Å²) in [5, 5.41) is 0.862. The van der Waals surface area contributed by atoms with Gasteiger partial charge in [-0.3, -0.25) is 9.36 Å². The van der Waals surface area contributed by atoms with Gasteiger partial charge in [-0.2, -0.15) is 0 Å². The van der Waals surface area contributed by atoms with Crippen LogP contribution in [0.2, 0.25) is 0 Å². The second kappa shape index (κ2) is 6.89. The summed E-state index contributed by atoms with van der Waals surface area (Å²) in [5.74, 6) is 0. The lowest BCUT2D eigenvalue weighted by molar-refractivity contribution is 0.623. The summed E-state index contributed by atoms with van der Waals surface area (Å²) in [7, 11) is 0. The topological polar surface area (TPSA) is 37.8 Å². The van der Waals surface area contributed by atoms with Gasteiger partial charge in [-0.25, -0.2) is 0 Å². The first-order valence-electron chi connectivity index (χ1n) is 9.08. The summed E-state index contributed by atoms with van der Waals surface area (Å²) < 4.78 is 2.19. The van der Waals surface area contributed by atoms with Crippen molar-refractivity contribution < 1.29 is 0 Å². The van der Waals surface area contributed by atoms with Gasteiger partial charge in [0.15, 0.2) is 4.77 Å². The van der Waals surface area contributed by atoms with Crippen LogP contribution in [-0.4, -0.2) is 9.55 Å². The number of nitrogens with zero attached hydrogens (tertiary/aromatic N) is 1. The number of aromatic nitrogens is 2. The Morgan fingerprint density at radius 3 is 2.72 bits per heavy atom. The Labute approximate surface area is 156 Å². The average Bonchev–Trinajstić information content (AvgIpc) is 2.92. The van der Waals surface area contributed by atoms with E-state index in [0.29, 0.717) is 4.77 Å². The number of hydrogen-bond donors (Lipinski definition) is 1. The fourth-order valence-corrected chi connectivity index (χ4v) is 5.47. The molecule has 0 bridgehead atoms. The maximum absolute atomic E-state index is 13.4. The molecule has 1 N–H and O–H groups in total. The van der Waals surface area contributed by atoms with Gasteiger partial charge >= 0.3 is 0 Å². The lowest BCUT2D eigenvalue weighted by Crippen LogP contribution is -2.22. The number of para-hydroxylation sites is 1. The summed E-state index contributed by atoms with van der Waals surface area (Å²) in [4.78, 5) is 19.1. The van der Waals surface area contributed by atoms with Crippen LogP contribution in [0.15, 0.2) is 29.1 Å². The molecule has 3 aromatic rings. The zero-order valence-electron chi connectivity index (χ0n) is 14.4. The van der Waals surface area contributed by atoms with Gasteiger partial charge in [-0.1, -0.05) is 38.0 Å². The van der Waals surface area contributed by atoms with E-state index >= 15 is 0 Å². The highest BCUT2D eigenvalue weighted by Gasteiger charge is 2.19. The first-order valence-corrected chi connectivity index (χ1v) is 10.3. The van der Waals surface area contributed by atoms with Crippen LogP contribution in [0, 0.1) is 4.77 Å². The highest BCUT2D eigenvalue weighted by atomic mass is 32.1. The van der Waals surface area contributed by atoms with Crippen LogP contribution < -0.4 is 5.56 Å². The van der Waals surface area contributed by atoms with E-state index < -0.39 is 0 Å². The molecule has 0 radical (unpaired) electrons. The van der Waals surface area contributed by atoms with Gasteiger partial charge in [-0.15, -0.1) is 11.3 Å². The Bertz CT molecular complexity index is 1040. The number of nitrogens with one attached hydrogen (secondary N) is 1. The van der Waals surface area contributed by atoms with Crippen LogP contribution in [0.25, 0.3) is 15.9 Å². The third kappa shape index (κ3) is 2.89. The molecule has 0 unspecified atom stereocenters. The van der Waals surface area contributed by atoms with E-state index in [1.54, 1.807) is 15.9 Å². The molecule has 4 rings (SSSR count). The zero-order chi connectivity index (χ0) is 17.4. The number of fused-ring (bicyclic) bond motifs is 3. The number of hydrogen-bond acceptors (Lipinski definition) is 3. The molecule has 2 heterocycles. The fraction of sp³-hybridized carbons (Fsp3) is 0.400. The Balaban J connectivity index is 2.02. The smallest absolute Gasteiger partial charge is 0.267 e. The Kier molecular flexibility index (Phi) is 4.61. The second-order valence-electron chi connectivity index (χ2n) is 6.68. The van der Waals surface area contributed by atoms with Crippen molar-refractivity contribution >= 4 is 33.8 Å². The Morgan fingerprint density at radius 1 is 1.16 bits per heavy atom. The lowest BCUT2D eigenvalue weighted by atomic mass is 9.98. The zero-order valence-corrected chi connectivity index (χ0v) is 16.1. The minimum atomic E-state index is 0.0396. The van der Waals surface area contributed by atoms with Crippen LogP contribution in [-0.2, 0) is 19.3 Å². The molecule has 0 amide bonds.